The number of anilines is 2. The fourth-order valence-electron chi connectivity index (χ4n) is 3.09. The Kier molecular flexibility index (Phi) is 4.06. The number of aromatic nitrogens is 2. The molecule has 5 heteroatoms. The van der Waals surface area contributed by atoms with Gasteiger partial charge < -0.3 is 9.64 Å². The molecule has 0 saturated heterocycles. The van der Waals surface area contributed by atoms with Gasteiger partial charge >= 0.3 is 0 Å². The first-order valence-corrected chi connectivity index (χ1v) is 8.62. The zero-order valence-electron chi connectivity index (χ0n) is 14.2. The normalized spacial score (nSPS) is 13.0. The smallest absolute Gasteiger partial charge is 0.219 e. The molecule has 1 aromatic carbocycles. The lowest BCUT2D eigenvalue weighted by atomic mass is 10.1. The van der Waals surface area contributed by atoms with Gasteiger partial charge in [-0.2, -0.15) is 0 Å². The molecular formula is C20H18ClN3O. The molecule has 3 aromatic rings. The molecule has 0 radical (unpaired) electrons. The number of halogens is 1. The van der Waals surface area contributed by atoms with Gasteiger partial charge in [-0.25, -0.2) is 4.98 Å². The summed E-state index contributed by atoms with van der Waals surface area (Å²) in [7, 11) is 0. The molecule has 0 saturated carbocycles. The first kappa shape index (κ1) is 15.9. The van der Waals surface area contributed by atoms with Crippen molar-refractivity contribution in [3.05, 3.63) is 70.6 Å². The van der Waals surface area contributed by atoms with Crippen LogP contribution < -0.4 is 9.64 Å². The number of nitrogens with zero attached hydrogens (tertiary/aromatic N) is 3. The van der Waals surface area contributed by atoms with Gasteiger partial charge in [0.2, 0.25) is 5.88 Å². The van der Waals surface area contributed by atoms with Crippen LogP contribution in [0.25, 0.3) is 0 Å². The van der Waals surface area contributed by atoms with E-state index < -0.39 is 0 Å². The Hall–Kier alpha value is -2.59. The molecule has 1 aliphatic heterocycles. The molecule has 4 rings (SSSR count). The number of hydrogen-bond acceptors (Lipinski definition) is 4. The number of rotatable bonds is 3. The monoisotopic (exact) mass is 351 g/mol. The van der Waals surface area contributed by atoms with Crippen LogP contribution in [-0.2, 0) is 6.42 Å². The summed E-state index contributed by atoms with van der Waals surface area (Å²) in [4.78, 5) is 10.9. The summed E-state index contributed by atoms with van der Waals surface area (Å²) in [6, 6.07) is 11.9. The molecule has 4 nitrogen and oxygen atoms in total. The summed E-state index contributed by atoms with van der Waals surface area (Å²) in [5.74, 6) is 1.28. The topological polar surface area (TPSA) is 38.2 Å². The fourth-order valence-corrected chi connectivity index (χ4v) is 3.24. The van der Waals surface area contributed by atoms with Crippen LogP contribution in [0.1, 0.15) is 16.8 Å². The fraction of sp³-hybridized carbons (Fsp3) is 0.200. The second kappa shape index (κ2) is 6.37. The van der Waals surface area contributed by atoms with E-state index in [1.807, 2.05) is 50.4 Å². The van der Waals surface area contributed by atoms with Crippen molar-refractivity contribution in [3.63, 3.8) is 0 Å². The lowest BCUT2D eigenvalue weighted by Crippen LogP contribution is -2.13. The Bertz CT molecular complexity index is 925. The third-order valence-electron chi connectivity index (χ3n) is 4.46. The van der Waals surface area contributed by atoms with Gasteiger partial charge in [0.1, 0.15) is 0 Å². The second-order valence-electron chi connectivity index (χ2n) is 6.18. The molecule has 2 aromatic heterocycles. The predicted octanol–water partition coefficient (Wildman–Crippen LogP) is 5.23. The van der Waals surface area contributed by atoms with E-state index in [1.165, 1.54) is 5.56 Å². The van der Waals surface area contributed by atoms with E-state index in [1.54, 1.807) is 6.20 Å². The molecule has 1 aliphatic rings. The number of hydrogen-bond donors (Lipinski definition) is 0. The van der Waals surface area contributed by atoms with Crippen LogP contribution in [0.2, 0.25) is 5.02 Å². The molecule has 0 bridgehead atoms. The van der Waals surface area contributed by atoms with Crippen molar-refractivity contribution >= 4 is 23.0 Å². The maximum atomic E-state index is 6.31. The molecule has 0 fully saturated rings. The standard InChI is InChI=1S/C20H18ClN3O/c1-13-10-15-7-9-24(18(15)11-17(13)21)16-5-6-20(23-12-16)25-19-4-3-8-22-14(19)2/h3-6,8,10-12H,7,9H2,1-2H3. The molecule has 3 heterocycles. The molecule has 0 atom stereocenters. The van der Waals surface area contributed by atoms with Gasteiger partial charge in [-0.15, -0.1) is 0 Å². The molecule has 0 amide bonds. The van der Waals surface area contributed by atoms with Gasteiger partial charge in [-0.05, 0) is 55.7 Å². The van der Waals surface area contributed by atoms with Gasteiger partial charge in [-0.3, -0.25) is 4.98 Å². The molecule has 0 aliphatic carbocycles. The van der Waals surface area contributed by atoms with E-state index >= 15 is 0 Å². The van der Waals surface area contributed by atoms with Crippen LogP contribution >= 0.6 is 11.6 Å². The third kappa shape index (κ3) is 3.05. The first-order valence-electron chi connectivity index (χ1n) is 8.24. The van der Waals surface area contributed by atoms with Crippen LogP contribution in [0.15, 0.2) is 48.8 Å². The average Bonchev–Trinajstić information content (AvgIpc) is 3.01. The van der Waals surface area contributed by atoms with Gasteiger partial charge in [-0.1, -0.05) is 17.7 Å². The van der Waals surface area contributed by atoms with Crippen molar-refractivity contribution in [1.29, 1.82) is 0 Å². The molecule has 0 spiro atoms. The Labute approximate surface area is 152 Å². The number of pyridine rings is 2. The maximum Gasteiger partial charge on any atom is 0.219 e. The van der Waals surface area contributed by atoms with Crippen LogP contribution in [0.5, 0.6) is 11.6 Å². The summed E-state index contributed by atoms with van der Waals surface area (Å²) in [6.07, 6.45) is 4.60. The Morgan fingerprint density at radius 1 is 1.12 bits per heavy atom. The molecular weight excluding hydrogens is 334 g/mol. The zero-order valence-corrected chi connectivity index (χ0v) is 14.9. The van der Waals surface area contributed by atoms with Gasteiger partial charge in [0, 0.05) is 29.5 Å². The van der Waals surface area contributed by atoms with Crippen molar-refractivity contribution in [1.82, 2.24) is 9.97 Å². The van der Waals surface area contributed by atoms with Crippen LogP contribution in [-0.4, -0.2) is 16.5 Å². The minimum atomic E-state index is 0.557. The van der Waals surface area contributed by atoms with Crippen molar-refractivity contribution in [3.8, 4) is 11.6 Å². The van der Waals surface area contributed by atoms with E-state index in [0.29, 0.717) is 5.88 Å². The average molecular weight is 352 g/mol. The Balaban J connectivity index is 1.58. The predicted molar refractivity (Wildman–Crippen MR) is 100 cm³/mol. The Morgan fingerprint density at radius 2 is 2.00 bits per heavy atom. The van der Waals surface area contributed by atoms with Crippen molar-refractivity contribution in [2.75, 3.05) is 11.4 Å². The largest absolute Gasteiger partial charge is 0.437 e. The lowest BCUT2D eigenvalue weighted by Gasteiger charge is -2.20. The summed E-state index contributed by atoms with van der Waals surface area (Å²) >= 11 is 6.31. The van der Waals surface area contributed by atoms with Gasteiger partial charge in [0.05, 0.1) is 17.6 Å². The highest BCUT2D eigenvalue weighted by atomic mass is 35.5. The summed E-state index contributed by atoms with van der Waals surface area (Å²) in [5, 5.41) is 0.797. The van der Waals surface area contributed by atoms with Crippen LogP contribution in [0, 0.1) is 13.8 Å². The van der Waals surface area contributed by atoms with Crippen molar-refractivity contribution in [2.24, 2.45) is 0 Å². The molecule has 0 unspecified atom stereocenters. The summed E-state index contributed by atoms with van der Waals surface area (Å²) in [6.45, 7) is 4.88. The number of aryl methyl sites for hydroxylation is 2. The highest BCUT2D eigenvalue weighted by Crippen LogP contribution is 2.37. The third-order valence-corrected chi connectivity index (χ3v) is 4.87. The zero-order chi connectivity index (χ0) is 17.4. The summed E-state index contributed by atoms with van der Waals surface area (Å²) < 4.78 is 5.82. The van der Waals surface area contributed by atoms with Gasteiger partial charge in [0.25, 0.3) is 0 Å². The minimum absolute atomic E-state index is 0.557. The summed E-state index contributed by atoms with van der Waals surface area (Å²) in [5.41, 5.74) is 5.49. The van der Waals surface area contributed by atoms with Crippen molar-refractivity contribution < 1.29 is 4.74 Å². The minimum Gasteiger partial charge on any atom is -0.437 e. The van der Waals surface area contributed by atoms with E-state index in [9.17, 15) is 0 Å². The number of benzene rings is 1. The highest BCUT2D eigenvalue weighted by molar-refractivity contribution is 6.31. The lowest BCUT2D eigenvalue weighted by molar-refractivity contribution is 0.456. The number of ether oxygens (including phenoxy) is 1. The van der Waals surface area contributed by atoms with E-state index in [-0.39, 0.29) is 0 Å². The molecule has 126 valence electrons. The quantitative estimate of drug-likeness (QED) is 0.647. The Morgan fingerprint density at radius 3 is 2.76 bits per heavy atom. The number of fused-ring (bicyclic) bond motifs is 1. The van der Waals surface area contributed by atoms with E-state index in [0.717, 1.165) is 46.4 Å². The SMILES string of the molecule is Cc1cc2c(cc1Cl)N(c1ccc(Oc3cccnc3C)nc1)CC2. The van der Waals surface area contributed by atoms with E-state index in [4.69, 9.17) is 16.3 Å². The van der Waals surface area contributed by atoms with Crippen LogP contribution in [0.4, 0.5) is 11.4 Å². The highest BCUT2D eigenvalue weighted by Gasteiger charge is 2.22. The molecule has 25 heavy (non-hydrogen) atoms. The second-order valence-corrected chi connectivity index (χ2v) is 6.58. The maximum absolute atomic E-state index is 6.31. The van der Waals surface area contributed by atoms with Gasteiger partial charge in [0.15, 0.2) is 5.75 Å². The van der Waals surface area contributed by atoms with Crippen LogP contribution in [0.3, 0.4) is 0 Å². The molecule has 0 N–H and O–H groups in total. The van der Waals surface area contributed by atoms with Crippen molar-refractivity contribution in [2.45, 2.75) is 20.3 Å². The first-order chi connectivity index (χ1) is 12.1. The van der Waals surface area contributed by atoms with E-state index in [2.05, 4.69) is 20.9 Å².